The predicted octanol–water partition coefficient (Wildman–Crippen LogP) is 1.46. The van der Waals surface area contributed by atoms with Crippen molar-refractivity contribution >= 4 is 11.5 Å². The van der Waals surface area contributed by atoms with Gasteiger partial charge in [0.15, 0.2) is 5.82 Å². The summed E-state index contributed by atoms with van der Waals surface area (Å²) in [5.74, 6) is 1.18. The van der Waals surface area contributed by atoms with Gasteiger partial charge in [-0.25, -0.2) is 4.98 Å². The van der Waals surface area contributed by atoms with Crippen molar-refractivity contribution in [1.29, 1.82) is 0 Å². The number of morpholine rings is 1. The SMILES string of the molecule is CC(C)Oc1ncnc(N2CC(C)OC(C)C2)c1N. The van der Waals surface area contributed by atoms with Gasteiger partial charge in [0.2, 0.25) is 5.88 Å². The van der Waals surface area contributed by atoms with Crippen LogP contribution in [0.5, 0.6) is 5.88 Å². The Kier molecular flexibility index (Phi) is 4.09. The number of aromatic nitrogens is 2. The Balaban J connectivity index is 2.24. The van der Waals surface area contributed by atoms with Crippen LogP contribution >= 0.6 is 0 Å². The second kappa shape index (κ2) is 5.61. The Morgan fingerprint density at radius 2 is 1.95 bits per heavy atom. The zero-order valence-electron chi connectivity index (χ0n) is 12.0. The maximum atomic E-state index is 6.12. The molecule has 1 fully saturated rings. The van der Waals surface area contributed by atoms with Crippen molar-refractivity contribution in [3.63, 3.8) is 0 Å². The van der Waals surface area contributed by atoms with E-state index in [1.807, 2.05) is 27.7 Å². The molecule has 6 heteroatoms. The third-order valence-corrected chi connectivity index (χ3v) is 2.89. The standard InChI is InChI=1S/C13H22N4O2/c1-8(2)18-13-11(14)12(15-7-16-13)17-5-9(3)19-10(4)6-17/h7-10H,5-6,14H2,1-4H3. The van der Waals surface area contributed by atoms with Crippen LogP contribution in [0.15, 0.2) is 6.33 Å². The van der Waals surface area contributed by atoms with Gasteiger partial charge in [0.25, 0.3) is 0 Å². The number of hydrogen-bond donors (Lipinski definition) is 1. The van der Waals surface area contributed by atoms with E-state index in [1.54, 1.807) is 0 Å². The van der Waals surface area contributed by atoms with Gasteiger partial charge in [-0.3, -0.25) is 0 Å². The molecule has 1 aliphatic rings. The normalized spacial score (nSPS) is 23.7. The maximum absolute atomic E-state index is 6.12. The largest absolute Gasteiger partial charge is 0.473 e. The van der Waals surface area contributed by atoms with Crippen LogP contribution in [0.4, 0.5) is 11.5 Å². The fourth-order valence-electron chi connectivity index (χ4n) is 2.29. The molecule has 19 heavy (non-hydrogen) atoms. The summed E-state index contributed by atoms with van der Waals surface area (Å²) in [6.07, 6.45) is 1.85. The Labute approximate surface area is 113 Å². The van der Waals surface area contributed by atoms with Gasteiger partial charge in [-0.15, -0.1) is 0 Å². The Morgan fingerprint density at radius 3 is 2.53 bits per heavy atom. The van der Waals surface area contributed by atoms with Crippen LogP contribution in [-0.4, -0.2) is 41.4 Å². The van der Waals surface area contributed by atoms with Crippen LogP contribution in [0.3, 0.4) is 0 Å². The summed E-state index contributed by atoms with van der Waals surface area (Å²) < 4.78 is 11.3. The smallest absolute Gasteiger partial charge is 0.242 e. The van der Waals surface area contributed by atoms with E-state index in [9.17, 15) is 0 Å². The number of ether oxygens (including phenoxy) is 2. The lowest BCUT2D eigenvalue weighted by atomic mass is 10.2. The number of nitrogen functional groups attached to an aromatic ring is 1. The molecular weight excluding hydrogens is 244 g/mol. The van der Waals surface area contributed by atoms with Gasteiger partial charge in [0.1, 0.15) is 12.0 Å². The van der Waals surface area contributed by atoms with Gasteiger partial charge in [-0.2, -0.15) is 4.98 Å². The molecule has 2 heterocycles. The summed E-state index contributed by atoms with van der Waals surface area (Å²) in [4.78, 5) is 10.5. The van der Waals surface area contributed by atoms with Crippen molar-refractivity contribution in [1.82, 2.24) is 9.97 Å². The van der Waals surface area contributed by atoms with Gasteiger partial charge in [0.05, 0.1) is 18.3 Å². The summed E-state index contributed by atoms with van der Waals surface area (Å²) in [5, 5.41) is 0. The van der Waals surface area contributed by atoms with Crippen LogP contribution in [0.1, 0.15) is 27.7 Å². The summed E-state index contributed by atoms with van der Waals surface area (Å²) in [6, 6.07) is 0. The zero-order chi connectivity index (χ0) is 14.0. The molecule has 6 nitrogen and oxygen atoms in total. The van der Waals surface area contributed by atoms with E-state index in [-0.39, 0.29) is 18.3 Å². The summed E-state index contributed by atoms with van der Waals surface area (Å²) in [7, 11) is 0. The van der Waals surface area contributed by atoms with Crippen LogP contribution < -0.4 is 15.4 Å². The van der Waals surface area contributed by atoms with E-state index in [2.05, 4.69) is 14.9 Å². The molecule has 2 unspecified atom stereocenters. The molecule has 2 atom stereocenters. The van der Waals surface area contributed by atoms with Crippen molar-refractivity contribution < 1.29 is 9.47 Å². The fraction of sp³-hybridized carbons (Fsp3) is 0.692. The second-order valence-electron chi connectivity index (χ2n) is 5.25. The van der Waals surface area contributed by atoms with E-state index in [4.69, 9.17) is 15.2 Å². The predicted molar refractivity (Wildman–Crippen MR) is 74.4 cm³/mol. The highest BCUT2D eigenvalue weighted by atomic mass is 16.5. The van der Waals surface area contributed by atoms with Crippen molar-refractivity contribution in [3.05, 3.63) is 6.33 Å². The van der Waals surface area contributed by atoms with Crippen molar-refractivity contribution in [2.45, 2.75) is 46.0 Å². The monoisotopic (exact) mass is 266 g/mol. The first kappa shape index (κ1) is 13.9. The molecule has 0 saturated carbocycles. The summed E-state index contributed by atoms with van der Waals surface area (Å²) in [5.41, 5.74) is 6.62. The topological polar surface area (TPSA) is 73.5 Å². The minimum atomic E-state index is 0.0348. The lowest BCUT2D eigenvalue weighted by Crippen LogP contribution is -2.46. The highest BCUT2D eigenvalue weighted by Gasteiger charge is 2.25. The molecule has 0 amide bonds. The number of rotatable bonds is 3. The molecule has 0 aliphatic carbocycles. The first-order valence-corrected chi connectivity index (χ1v) is 6.65. The quantitative estimate of drug-likeness (QED) is 0.893. The van der Waals surface area contributed by atoms with Gasteiger partial charge in [0, 0.05) is 13.1 Å². The molecule has 0 radical (unpaired) electrons. The van der Waals surface area contributed by atoms with E-state index < -0.39 is 0 Å². The highest BCUT2D eigenvalue weighted by molar-refractivity contribution is 5.68. The fourth-order valence-corrected chi connectivity index (χ4v) is 2.29. The number of hydrogen-bond acceptors (Lipinski definition) is 6. The van der Waals surface area contributed by atoms with Crippen LogP contribution in [0.2, 0.25) is 0 Å². The van der Waals surface area contributed by atoms with Gasteiger partial charge < -0.3 is 20.1 Å². The lowest BCUT2D eigenvalue weighted by molar-refractivity contribution is -0.00543. The molecule has 2 N–H and O–H groups in total. The Bertz CT molecular complexity index is 429. The minimum absolute atomic E-state index is 0.0348. The molecule has 0 spiro atoms. The molecule has 1 saturated heterocycles. The molecule has 1 aliphatic heterocycles. The van der Waals surface area contributed by atoms with E-state index in [0.717, 1.165) is 18.9 Å². The van der Waals surface area contributed by atoms with Crippen LogP contribution in [0.25, 0.3) is 0 Å². The zero-order valence-corrected chi connectivity index (χ0v) is 12.0. The minimum Gasteiger partial charge on any atom is -0.473 e. The summed E-state index contributed by atoms with van der Waals surface area (Å²) in [6.45, 7) is 9.52. The number of anilines is 2. The average Bonchev–Trinajstić information content (AvgIpc) is 2.30. The van der Waals surface area contributed by atoms with Crippen molar-refractivity contribution in [2.24, 2.45) is 0 Å². The first-order valence-electron chi connectivity index (χ1n) is 6.65. The summed E-state index contributed by atoms with van der Waals surface area (Å²) >= 11 is 0. The van der Waals surface area contributed by atoms with Crippen molar-refractivity contribution in [2.75, 3.05) is 23.7 Å². The third-order valence-electron chi connectivity index (χ3n) is 2.89. The van der Waals surface area contributed by atoms with Crippen LogP contribution in [-0.2, 0) is 4.74 Å². The Hall–Kier alpha value is -1.56. The molecule has 0 aromatic carbocycles. The van der Waals surface area contributed by atoms with Gasteiger partial charge in [-0.05, 0) is 27.7 Å². The molecule has 2 rings (SSSR count). The number of nitrogens with two attached hydrogens (primary N) is 1. The molecule has 1 aromatic heterocycles. The molecule has 106 valence electrons. The second-order valence-corrected chi connectivity index (χ2v) is 5.25. The van der Waals surface area contributed by atoms with E-state index >= 15 is 0 Å². The number of nitrogens with zero attached hydrogens (tertiary/aromatic N) is 3. The highest BCUT2D eigenvalue weighted by Crippen LogP contribution is 2.30. The van der Waals surface area contributed by atoms with Gasteiger partial charge >= 0.3 is 0 Å². The van der Waals surface area contributed by atoms with E-state index in [0.29, 0.717) is 11.6 Å². The maximum Gasteiger partial charge on any atom is 0.242 e. The first-order chi connectivity index (χ1) is 8.97. The molecular formula is C13H22N4O2. The average molecular weight is 266 g/mol. The Morgan fingerprint density at radius 1 is 1.32 bits per heavy atom. The van der Waals surface area contributed by atoms with Gasteiger partial charge in [-0.1, -0.05) is 0 Å². The van der Waals surface area contributed by atoms with E-state index in [1.165, 1.54) is 6.33 Å². The van der Waals surface area contributed by atoms with Crippen LogP contribution in [0, 0.1) is 0 Å². The molecule has 1 aromatic rings. The molecule has 0 bridgehead atoms. The van der Waals surface area contributed by atoms with Crippen molar-refractivity contribution in [3.8, 4) is 5.88 Å². The lowest BCUT2D eigenvalue weighted by Gasteiger charge is -2.36. The third kappa shape index (κ3) is 3.26.